The Morgan fingerprint density at radius 1 is 1.43 bits per heavy atom. The number of nitrogens with one attached hydrogen (secondary N) is 1. The lowest BCUT2D eigenvalue weighted by Gasteiger charge is -2.13. The second-order valence-corrected chi connectivity index (χ2v) is 4.81. The molecule has 1 N–H and O–H groups in total. The molecule has 0 aliphatic carbocycles. The van der Waals surface area contributed by atoms with Gasteiger partial charge in [0.2, 0.25) is 5.91 Å². The topological polar surface area (TPSA) is 29.1 Å². The molecule has 0 aromatic heterocycles. The molecule has 1 aliphatic rings. The zero-order valence-electron chi connectivity index (χ0n) is 9.51. The van der Waals surface area contributed by atoms with Gasteiger partial charge in [-0.1, -0.05) is 33.1 Å². The predicted molar refractivity (Wildman–Crippen MR) is 59.0 cm³/mol. The Morgan fingerprint density at radius 2 is 2.21 bits per heavy atom. The van der Waals surface area contributed by atoms with Gasteiger partial charge < -0.3 is 5.32 Å². The van der Waals surface area contributed by atoms with E-state index in [1.807, 2.05) is 0 Å². The van der Waals surface area contributed by atoms with E-state index in [9.17, 15) is 4.79 Å². The second kappa shape index (κ2) is 6.05. The van der Waals surface area contributed by atoms with E-state index in [-0.39, 0.29) is 0 Å². The first-order valence-electron chi connectivity index (χ1n) is 5.98. The number of rotatable bonds is 4. The van der Waals surface area contributed by atoms with Crippen LogP contribution >= 0.6 is 0 Å². The van der Waals surface area contributed by atoms with Crippen molar-refractivity contribution in [1.82, 2.24) is 5.32 Å². The van der Waals surface area contributed by atoms with Crippen molar-refractivity contribution in [1.29, 1.82) is 0 Å². The minimum absolute atomic E-state index is 0.297. The molecule has 1 heterocycles. The smallest absolute Gasteiger partial charge is 0.223 e. The average Bonchev–Trinajstić information content (AvgIpc) is 2.31. The maximum atomic E-state index is 11.6. The minimum Gasteiger partial charge on any atom is -0.356 e. The van der Waals surface area contributed by atoms with Gasteiger partial charge in [0.15, 0.2) is 0 Å². The summed E-state index contributed by atoms with van der Waals surface area (Å²) in [5, 5.41) is 2.99. The lowest BCUT2D eigenvalue weighted by molar-refractivity contribution is -0.124. The summed E-state index contributed by atoms with van der Waals surface area (Å²) in [5.41, 5.74) is 0. The molecule has 1 aliphatic heterocycles. The molecule has 82 valence electrons. The van der Waals surface area contributed by atoms with Gasteiger partial charge in [-0.15, -0.1) is 0 Å². The van der Waals surface area contributed by atoms with Crippen LogP contribution < -0.4 is 5.32 Å². The summed E-state index contributed by atoms with van der Waals surface area (Å²) in [6.45, 7) is 5.37. The van der Waals surface area contributed by atoms with Crippen LogP contribution in [0.2, 0.25) is 0 Å². The van der Waals surface area contributed by atoms with Crippen molar-refractivity contribution in [3.63, 3.8) is 0 Å². The predicted octanol–water partition coefficient (Wildman–Crippen LogP) is 2.73. The molecule has 2 nitrogen and oxygen atoms in total. The van der Waals surface area contributed by atoms with Crippen LogP contribution in [0.5, 0.6) is 0 Å². The first-order valence-corrected chi connectivity index (χ1v) is 5.98. The summed E-state index contributed by atoms with van der Waals surface area (Å²) in [4.78, 5) is 11.6. The van der Waals surface area contributed by atoms with Crippen molar-refractivity contribution in [2.75, 3.05) is 6.54 Å². The molecular weight excluding hydrogens is 174 g/mol. The van der Waals surface area contributed by atoms with Gasteiger partial charge in [-0.2, -0.15) is 0 Å². The highest BCUT2D eigenvalue weighted by molar-refractivity contribution is 5.78. The number of amides is 1. The lowest BCUT2D eigenvalue weighted by atomic mass is 9.94. The Bertz CT molecular complexity index is 177. The first kappa shape index (κ1) is 11.5. The summed E-state index contributed by atoms with van der Waals surface area (Å²) in [5.74, 6) is 1.37. The van der Waals surface area contributed by atoms with Crippen LogP contribution in [0.4, 0.5) is 0 Å². The standard InChI is InChI=1S/C12H23NO/c1-10(2)6-5-8-11-7-3-4-9-13-12(11)14/h10-11H,3-9H2,1-2H3,(H,13,14). The average molecular weight is 197 g/mol. The zero-order chi connectivity index (χ0) is 10.4. The molecule has 1 saturated heterocycles. The van der Waals surface area contributed by atoms with E-state index in [0.717, 1.165) is 31.7 Å². The molecule has 1 unspecified atom stereocenters. The highest BCUT2D eigenvalue weighted by Crippen LogP contribution is 2.20. The van der Waals surface area contributed by atoms with Crippen LogP contribution in [-0.4, -0.2) is 12.5 Å². The van der Waals surface area contributed by atoms with E-state index in [4.69, 9.17) is 0 Å². The molecule has 1 amide bonds. The van der Waals surface area contributed by atoms with Gasteiger partial charge in [-0.05, 0) is 25.2 Å². The third-order valence-electron chi connectivity index (χ3n) is 2.98. The Labute approximate surface area is 87.5 Å². The van der Waals surface area contributed by atoms with Crippen LogP contribution in [-0.2, 0) is 4.79 Å². The number of hydrogen-bond acceptors (Lipinski definition) is 1. The monoisotopic (exact) mass is 197 g/mol. The third kappa shape index (κ3) is 4.12. The molecule has 1 rings (SSSR count). The lowest BCUT2D eigenvalue weighted by Crippen LogP contribution is -2.28. The summed E-state index contributed by atoms with van der Waals surface area (Å²) in [7, 11) is 0. The van der Waals surface area contributed by atoms with Gasteiger partial charge in [0.1, 0.15) is 0 Å². The number of hydrogen-bond donors (Lipinski definition) is 1. The minimum atomic E-state index is 0.297. The van der Waals surface area contributed by atoms with Crippen LogP contribution in [0.15, 0.2) is 0 Å². The molecule has 0 radical (unpaired) electrons. The summed E-state index contributed by atoms with van der Waals surface area (Å²) >= 11 is 0. The molecule has 0 aromatic carbocycles. The maximum absolute atomic E-state index is 11.6. The maximum Gasteiger partial charge on any atom is 0.223 e. The van der Waals surface area contributed by atoms with E-state index in [1.165, 1.54) is 19.3 Å². The van der Waals surface area contributed by atoms with Gasteiger partial charge >= 0.3 is 0 Å². The molecule has 1 atom stereocenters. The molecule has 2 heteroatoms. The summed E-state index contributed by atoms with van der Waals surface area (Å²) < 4.78 is 0. The van der Waals surface area contributed by atoms with Crippen molar-refractivity contribution in [2.24, 2.45) is 11.8 Å². The summed E-state index contributed by atoms with van der Waals surface area (Å²) in [6.07, 6.45) is 7.02. The van der Waals surface area contributed by atoms with Crippen LogP contribution in [0.25, 0.3) is 0 Å². The van der Waals surface area contributed by atoms with Crippen molar-refractivity contribution >= 4 is 5.91 Å². The molecule has 0 saturated carbocycles. The molecule has 0 spiro atoms. The Kier molecular flexibility index (Phi) is 4.99. The first-order chi connectivity index (χ1) is 6.70. The van der Waals surface area contributed by atoms with E-state index in [0.29, 0.717) is 11.8 Å². The quantitative estimate of drug-likeness (QED) is 0.737. The van der Waals surface area contributed by atoms with Crippen LogP contribution in [0.3, 0.4) is 0 Å². The van der Waals surface area contributed by atoms with E-state index in [2.05, 4.69) is 19.2 Å². The Morgan fingerprint density at radius 3 is 2.93 bits per heavy atom. The molecule has 0 bridgehead atoms. The highest BCUT2D eigenvalue weighted by atomic mass is 16.1. The van der Waals surface area contributed by atoms with Crippen molar-refractivity contribution in [2.45, 2.75) is 52.4 Å². The van der Waals surface area contributed by atoms with E-state index >= 15 is 0 Å². The normalized spacial score (nSPS) is 23.4. The number of carbonyl (C=O) groups is 1. The van der Waals surface area contributed by atoms with Crippen LogP contribution in [0.1, 0.15) is 52.4 Å². The van der Waals surface area contributed by atoms with Crippen molar-refractivity contribution < 1.29 is 4.79 Å². The Balaban J connectivity index is 2.23. The second-order valence-electron chi connectivity index (χ2n) is 4.81. The van der Waals surface area contributed by atoms with Crippen molar-refractivity contribution in [3.05, 3.63) is 0 Å². The molecule has 1 fully saturated rings. The molecule has 14 heavy (non-hydrogen) atoms. The highest BCUT2D eigenvalue weighted by Gasteiger charge is 2.19. The van der Waals surface area contributed by atoms with Gasteiger partial charge in [-0.25, -0.2) is 0 Å². The van der Waals surface area contributed by atoms with Crippen molar-refractivity contribution in [3.8, 4) is 0 Å². The molecule has 0 aromatic rings. The van der Waals surface area contributed by atoms with Gasteiger partial charge in [-0.3, -0.25) is 4.79 Å². The fourth-order valence-electron chi connectivity index (χ4n) is 2.05. The molecular formula is C12H23NO. The number of carbonyl (C=O) groups excluding carboxylic acids is 1. The van der Waals surface area contributed by atoms with Gasteiger partial charge in [0.25, 0.3) is 0 Å². The largest absolute Gasteiger partial charge is 0.356 e. The fraction of sp³-hybridized carbons (Fsp3) is 0.917. The third-order valence-corrected chi connectivity index (χ3v) is 2.98. The van der Waals surface area contributed by atoms with Gasteiger partial charge in [0, 0.05) is 12.5 Å². The SMILES string of the molecule is CC(C)CCCC1CCCCNC1=O. The fourth-order valence-corrected chi connectivity index (χ4v) is 2.05. The van der Waals surface area contributed by atoms with Crippen LogP contribution in [0, 0.1) is 11.8 Å². The van der Waals surface area contributed by atoms with E-state index < -0.39 is 0 Å². The van der Waals surface area contributed by atoms with Gasteiger partial charge in [0.05, 0.1) is 0 Å². The Hall–Kier alpha value is -0.530. The van der Waals surface area contributed by atoms with E-state index in [1.54, 1.807) is 0 Å². The summed E-state index contributed by atoms with van der Waals surface area (Å²) in [6, 6.07) is 0. The zero-order valence-corrected chi connectivity index (χ0v) is 9.51.